The number of aromatic amines is 1. The second kappa shape index (κ2) is 8.38. The van der Waals surface area contributed by atoms with Gasteiger partial charge in [0, 0.05) is 34.9 Å². The maximum atomic E-state index is 12.6. The molecule has 1 unspecified atom stereocenters. The number of nitrogens with one attached hydrogen (secondary N) is 1. The van der Waals surface area contributed by atoms with Crippen molar-refractivity contribution in [2.24, 2.45) is 0 Å². The molecule has 0 spiro atoms. The van der Waals surface area contributed by atoms with E-state index in [2.05, 4.69) is 4.98 Å². The van der Waals surface area contributed by atoms with E-state index in [9.17, 15) is 19.7 Å². The first-order valence-corrected chi connectivity index (χ1v) is 9.64. The van der Waals surface area contributed by atoms with Crippen LogP contribution in [-0.4, -0.2) is 41.0 Å². The summed E-state index contributed by atoms with van der Waals surface area (Å²) >= 11 is 0. The van der Waals surface area contributed by atoms with Gasteiger partial charge in [-0.3, -0.25) is 10.1 Å². The molecule has 9 heteroatoms. The van der Waals surface area contributed by atoms with Crippen LogP contribution >= 0.6 is 0 Å². The summed E-state index contributed by atoms with van der Waals surface area (Å²) in [4.78, 5) is 40.6. The molecule has 1 aromatic heterocycles. The smallest absolute Gasteiger partial charge is 0.354 e. The number of hydrogen-bond donors (Lipinski definition) is 1. The Labute approximate surface area is 182 Å². The number of esters is 2. The van der Waals surface area contributed by atoms with Crippen molar-refractivity contribution in [3.05, 3.63) is 93.4 Å². The Morgan fingerprint density at radius 2 is 1.88 bits per heavy atom. The lowest BCUT2D eigenvalue weighted by Crippen LogP contribution is -2.32. The van der Waals surface area contributed by atoms with E-state index < -0.39 is 22.9 Å². The molecule has 0 aliphatic carbocycles. The van der Waals surface area contributed by atoms with Crippen LogP contribution in [-0.2, 0) is 19.1 Å². The topological polar surface area (TPSA) is 115 Å². The number of benzene rings is 2. The number of ether oxygens (including phenoxy) is 2. The molecule has 2 aromatic carbocycles. The van der Waals surface area contributed by atoms with Crippen LogP contribution in [0.5, 0.6) is 0 Å². The maximum absolute atomic E-state index is 12.6. The van der Waals surface area contributed by atoms with Crippen LogP contribution in [0.4, 0.5) is 5.69 Å². The van der Waals surface area contributed by atoms with Crippen molar-refractivity contribution in [1.82, 2.24) is 9.88 Å². The molecular formula is C23H19N3O6. The molecule has 9 nitrogen and oxygen atoms in total. The van der Waals surface area contributed by atoms with Gasteiger partial charge in [0.05, 0.1) is 36.8 Å². The van der Waals surface area contributed by atoms with Crippen LogP contribution in [0.1, 0.15) is 22.7 Å². The van der Waals surface area contributed by atoms with Crippen LogP contribution in [0.2, 0.25) is 0 Å². The highest BCUT2D eigenvalue weighted by atomic mass is 16.6. The van der Waals surface area contributed by atoms with Gasteiger partial charge in [0.25, 0.3) is 5.69 Å². The number of nitro benzene ring substituents is 1. The molecule has 4 rings (SSSR count). The minimum absolute atomic E-state index is 0.0557. The zero-order valence-corrected chi connectivity index (χ0v) is 17.3. The standard InChI is InChI=1S/C23H19N3O6/c1-31-21(27)12-20(23(28)32-2)25-11-10-15-16(7-5-9-19(15)26(29)30)22(25)17-13-24-18-8-4-3-6-14(17)18/h3-13,22,24H,1-2H3/b20-12+. The predicted octanol–water partition coefficient (Wildman–Crippen LogP) is 3.68. The van der Waals surface area contributed by atoms with Crippen molar-refractivity contribution >= 4 is 34.6 Å². The molecule has 1 aliphatic heterocycles. The Kier molecular flexibility index (Phi) is 5.46. The average molecular weight is 433 g/mol. The van der Waals surface area contributed by atoms with Gasteiger partial charge < -0.3 is 19.4 Å². The Bertz CT molecular complexity index is 1290. The summed E-state index contributed by atoms with van der Waals surface area (Å²) in [5.41, 5.74) is 2.53. The summed E-state index contributed by atoms with van der Waals surface area (Å²) in [5, 5.41) is 12.5. The van der Waals surface area contributed by atoms with Crippen molar-refractivity contribution in [1.29, 1.82) is 0 Å². The van der Waals surface area contributed by atoms with E-state index in [1.54, 1.807) is 29.3 Å². The summed E-state index contributed by atoms with van der Waals surface area (Å²) in [6, 6.07) is 11.7. The molecule has 0 fully saturated rings. The number of para-hydroxylation sites is 1. The first-order valence-electron chi connectivity index (χ1n) is 9.64. The van der Waals surface area contributed by atoms with Gasteiger partial charge >= 0.3 is 11.9 Å². The highest BCUT2D eigenvalue weighted by Gasteiger charge is 2.35. The fraction of sp³-hybridized carbons (Fsp3) is 0.130. The van der Waals surface area contributed by atoms with Crippen molar-refractivity contribution in [2.45, 2.75) is 6.04 Å². The fourth-order valence-electron chi connectivity index (χ4n) is 3.91. The molecule has 2 heterocycles. The number of carbonyl (C=O) groups excluding carboxylic acids is 2. The highest BCUT2D eigenvalue weighted by molar-refractivity contribution is 5.96. The molecule has 0 radical (unpaired) electrons. The molecule has 1 aliphatic rings. The zero-order valence-electron chi connectivity index (χ0n) is 17.3. The van der Waals surface area contributed by atoms with Crippen LogP contribution in [0.15, 0.2) is 66.6 Å². The minimum atomic E-state index is -0.751. The Morgan fingerprint density at radius 1 is 1.09 bits per heavy atom. The molecule has 0 saturated carbocycles. The van der Waals surface area contributed by atoms with Gasteiger partial charge in [-0.2, -0.15) is 0 Å². The Morgan fingerprint density at radius 3 is 2.59 bits per heavy atom. The minimum Gasteiger partial charge on any atom is -0.466 e. The first kappa shape index (κ1) is 20.9. The SMILES string of the molecule is COC(=O)/C=C(\C(=O)OC)N1C=Cc2c(cccc2[N+](=O)[O-])C1c1c[nH]c2ccccc12. The summed E-state index contributed by atoms with van der Waals surface area (Å²) in [6.45, 7) is 0. The van der Waals surface area contributed by atoms with Crippen LogP contribution in [0, 0.1) is 10.1 Å². The van der Waals surface area contributed by atoms with Crippen molar-refractivity contribution in [3.8, 4) is 0 Å². The maximum Gasteiger partial charge on any atom is 0.354 e. The number of H-pyrrole nitrogens is 1. The molecule has 0 bridgehead atoms. The van der Waals surface area contributed by atoms with Crippen molar-refractivity contribution in [2.75, 3.05) is 14.2 Å². The monoisotopic (exact) mass is 433 g/mol. The van der Waals surface area contributed by atoms with Gasteiger partial charge in [-0.15, -0.1) is 0 Å². The number of fused-ring (bicyclic) bond motifs is 2. The first-order chi connectivity index (χ1) is 15.5. The molecule has 0 saturated heterocycles. The molecule has 3 aromatic rings. The van der Waals surface area contributed by atoms with E-state index in [0.29, 0.717) is 11.1 Å². The van der Waals surface area contributed by atoms with E-state index in [-0.39, 0.29) is 11.4 Å². The second-order valence-electron chi connectivity index (χ2n) is 7.00. The summed E-state index contributed by atoms with van der Waals surface area (Å²) in [5.74, 6) is -1.49. The fourth-order valence-corrected chi connectivity index (χ4v) is 3.91. The number of carbonyl (C=O) groups is 2. The number of rotatable bonds is 5. The lowest BCUT2D eigenvalue weighted by molar-refractivity contribution is -0.385. The van der Waals surface area contributed by atoms with E-state index in [0.717, 1.165) is 22.5 Å². The predicted molar refractivity (Wildman–Crippen MR) is 116 cm³/mol. The summed E-state index contributed by atoms with van der Waals surface area (Å²) in [6.07, 6.45) is 5.91. The Balaban J connectivity index is 1.99. The number of aromatic nitrogens is 1. The van der Waals surface area contributed by atoms with Crippen LogP contribution < -0.4 is 0 Å². The van der Waals surface area contributed by atoms with E-state index >= 15 is 0 Å². The summed E-state index contributed by atoms with van der Waals surface area (Å²) in [7, 11) is 2.41. The highest BCUT2D eigenvalue weighted by Crippen LogP contribution is 2.43. The van der Waals surface area contributed by atoms with Gasteiger partial charge in [-0.05, 0) is 17.7 Å². The number of nitro groups is 1. The van der Waals surface area contributed by atoms with Gasteiger partial charge in [0.1, 0.15) is 5.70 Å². The quantitative estimate of drug-likeness (QED) is 0.282. The Hall–Kier alpha value is -4.40. The van der Waals surface area contributed by atoms with E-state index in [1.165, 1.54) is 26.5 Å². The molecule has 1 N–H and O–H groups in total. The molecule has 32 heavy (non-hydrogen) atoms. The zero-order chi connectivity index (χ0) is 22.8. The van der Waals surface area contributed by atoms with Gasteiger partial charge in [-0.1, -0.05) is 30.3 Å². The molecule has 162 valence electrons. The van der Waals surface area contributed by atoms with E-state index in [4.69, 9.17) is 9.47 Å². The number of hydrogen-bond acceptors (Lipinski definition) is 7. The molecule has 0 amide bonds. The van der Waals surface area contributed by atoms with Gasteiger partial charge in [0.15, 0.2) is 0 Å². The van der Waals surface area contributed by atoms with E-state index in [1.807, 2.05) is 24.3 Å². The van der Waals surface area contributed by atoms with Gasteiger partial charge in [-0.25, -0.2) is 9.59 Å². The van der Waals surface area contributed by atoms with Crippen molar-refractivity contribution in [3.63, 3.8) is 0 Å². The molecule has 1 atom stereocenters. The lowest BCUT2D eigenvalue weighted by atomic mass is 9.89. The number of nitrogens with zero attached hydrogens (tertiary/aromatic N) is 2. The lowest BCUT2D eigenvalue weighted by Gasteiger charge is -2.35. The normalized spacial score (nSPS) is 15.4. The third-order valence-electron chi connectivity index (χ3n) is 5.33. The average Bonchev–Trinajstić information content (AvgIpc) is 3.24. The van der Waals surface area contributed by atoms with Crippen molar-refractivity contribution < 1.29 is 24.0 Å². The summed E-state index contributed by atoms with van der Waals surface area (Å²) < 4.78 is 9.62. The van der Waals surface area contributed by atoms with Crippen LogP contribution in [0.25, 0.3) is 17.0 Å². The molecular weight excluding hydrogens is 414 g/mol. The largest absolute Gasteiger partial charge is 0.466 e. The second-order valence-corrected chi connectivity index (χ2v) is 7.00. The van der Waals surface area contributed by atoms with Crippen LogP contribution in [0.3, 0.4) is 0 Å². The van der Waals surface area contributed by atoms with Gasteiger partial charge in [0.2, 0.25) is 0 Å². The third kappa shape index (κ3) is 3.49. The number of methoxy groups -OCH3 is 2. The third-order valence-corrected chi connectivity index (χ3v) is 5.33.